The zero-order valence-corrected chi connectivity index (χ0v) is 13.0. The van der Waals surface area contributed by atoms with E-state index in [4.69, 9.17) is 11.6 Å². The molecule has 0 atom stereocenters. The van der Waals surface area contributed by atoms with E-state index in [1.807, 2.05) is 6.92 Å². The summed E-state index contributed by atoms with van der Waals surface area (Å²) in [6.07, 6.45) is 1.82. The molecule has 0 aliphatic rings. The lowest BCUT2D eigenvalue weighted by molar-refractivity contribution is 0.461. The second-order valence-electron chi connectivity index (χ2n) is 3.37. The Labute approximate surface area is 114 Å². The van der Waals surface area contributed by atoms with E-state index in [9.17, 15) is 8.42 Å². The highest BCUT2D eigenvalue weighted by Crippen LogP contribution is 2.35. The van der Waals surface area contributed by atoms with E-state index in [1.165, 1.54) is 10.4 Å². The van der Waals surface area contributed by atoms with Gasteiger partial charge in [0, 0.05) is 13.6 Å². The van der Waals surface area contributed by atoms with Crippen molar-refractivity contribution in [1.29, 1.82) is 0 Å². The maximum absolute atomic E-state index is 12.1. The fourth-order valence-electron chi connectivity index (χ4n) is 1.11. The second-order valence-corrected chi connectivity index (χ2v) is 8.42. The Hall–Kier alpha value is 0.380. The van der Waals surface area contributed by atoms with Gasteiger partial charge in [-0.1, -0.05) is 24.9 Å². The molecule has 0 aliphatic carbocycles. The van der Waals surface area contributed by atoms with Crippen LogP contribution in [0.2, 0.25) is 5.02 Å². The zero-order valence-electron chi connectivity index (χ0n) is 9.03. The Morgan fingerprint density at radius 1 is 1.56 bits per heavy atom. The van der Waals surface area contributed by atoms with Crippen LogP contribution < -0.4 is 0 Å². The summed E-state index contributed by atoms with van der Waals surface area (Å²) >= 11 is 10.2. The summed E-state index contributed by atoms with van der Waals surface area (Å²) in [5, 5.41) is 0.437. The van der Waals surface area contributed by atoms with E-state index in [2.05, 4.69) is 15.9 Å². The van der Waals surface area contributed by atoms with Gasteiger partial charge in [-0.15, -0.1) is 11.3 Å². The van der Waals surface area contributed by atoms with E-state index in [-0.39, 0.29) is 4.21 Å². The molecule has 7 heteroatoms. The van der Waals surface area contributed by atoms with Crippen molar-refractivity contribution in [2.45, 2.75) is 24.0 Å². The van der Waals surface area contributed by atoms with Crippen molar-refractivity contribution >= 4 is 48.9 Å². The molecule has 1 rings (SSSR count). The van der Waals surface area contributed by atoms with Crippen molar-refractivity contribution in [3.05, 3.63) is 14.9 Å². The molecule has 1 heterocycles. The number of sulfonamides is 1. The van der Waals surface area contributed by atoms with Crippen LogP contribution in [0.3, 0.4) is 0 Å². The van der Waals surface area contributed by atoms with Crippen LogP contribution in [0, 0.1) is 0 Å². The van der Waals surface area contributed by atoms with Crippen LogP contribution in [0.15, 0.2) is 14.1 Å². The summed E-state index contributed by atoms with van der Waals surface area (Å²) < 4.78 is 26.4. The molecule has 0 amide bonds. The standard InChI is InChI=1S/C9H13BrClNO2S2/c1-3-4-5-12(2)16(13,14)8-6-7(11)9(10)15-8/h6H,3-5H2,1-2H3. The molecule has 0 N–H and O–H groups in total. The van der Waals surface area contributed by atoms with Gasteiger partial charge < -0.3 is 0 Å². The van der Waals surface area contributed by atoms with Crippen molar-refractivity contribution in [3.8, 4) is 0 Å². The van der Waals surface area contributed by atoms with E-state index < -0.39 is 10.0 Å². The normalized spacial score (nSPS) is 12.3. The number of unbranched alkanes of at least 4 members (excludes halogenated alkanes) is 1. The third-order valence-corrected chi connectivity index (χ3v) is 6.89. The molecular formula is C9H13BrClNO2S2. The van der Waals surface area contributed by atoms with Gasteiger partial charge in [0.1, 0.15) is 4.21 Å². The summed E-state index contributed by atoms with van der Waals surface area (Å²) in [6.45, 7) is 2.56. The number of halogens is 2. The van der Waals surface area contributed by atoms with Gasteiger partial charge in [0.05, 0.1) is 8.81 Å². The Bertz CT molecular complexity index is 439. The van der Waals surface area contributed by atoms with Gasteiger partial charge in [0.2, 0.25) is 0 Å². The van der Waals surface area contributed by atoms with Gasteiger partial charge in [-0.2, -0.15) is 0 Å². The Morgan fingerprint density at radius 2 is 2.19 bits per heavy atom. The highest BCUT2D eigenvalue weighted by atomic mass is 79.9. The Morgan fingerprint density at radius 3 is 2.62 bits per heavy atom. The predicted molar refractivity (Wildman–Crippen MR) is 71.8 cm³/mol. The molecule has 1 aromatic heterocycles. The first-order chi connectivity index (χ1) is 7.39. The molecule has 0 saturated carbocycles. The van der Waals surface area contributed by atoms with Crippen LogP contribution in [0.5, 0.6) is 0 Å². The average molecular weight is 347 g/mol. The first-order valence-corrected chi connectivity index (χ1v) is 8.23. The minimum absolute atomic E-state index is 0.281. The van der Waals surface area contributed by atoms with Crippen molar-refractivity contribution in [1.82, 2.24) is 4.31 Å². The Kier molecular flexibility index (Phi) is 5.25. The maximum Gasteiger partial charge on any atom is 0.252 e. The van der Waals surface area contributed by atoms with Crippen molar-refractivity contribution in [2.24, 2.45) is 0 Å². The molecular weight excluding hydrogens is 334 g/mol. The maximum atomic E-state index is 12.1. The van der Waals surface area contributed by atoms with Gasteiger partial charge in [-0.05, 0) is 28.4 Å². The molecule has 1 aromatic rings. The van der Waals surface area contributed by atoms with Crippen LogP contribution in [-0.2, 0) is 10.0 Å². The Balaban J connectivity index is 2.93. The number of rotatable bonds is 5. The number of hydrogen-bond donors (Lipinski definition) is 0. The van der Waals surface area contributed by atoms with Crippen LogP contribution in [0.25, 0.3) is 0 Å². The highest BCUT2D eigenvalue weighted by Gasteiger charge is 2.23. The van der Waals surface area contributed by atoms with E-state index in [0.29, 0.717) is 15.4 Å². The smallest absolute Gasteiger partial charge is 0.206 e. The summed E-state index contributed by atoms with van der Waals surface area (Å²) in [4.78, 5) is 0. The van der Waals surface area contributed by atoms with Crippen molar-refractivity contribution < 1.29 is 8.42 Å². The molecule has 0 unspecified atom stereocenters. The van der Waals surface area contributed by atoms with Gasteiger partial charge in [0.25, 0.3) is 10.0 Å². The van der Waals surface area contributed by atoms with Gasteiger partial charge in [0.15, 0.2) is 0 Å². The number of thiophene rings is 1. The molecule has 0 aromatic carbocycles. The fourth-order valence-corrected chi connectivity index (χ4v) is 4.93. The average Bonchev–Trinajstić information content (AvgIpc) is 2.56. The molecule has 0 saturated heterocycles. The largest absolute Gasteiger partial charge is 0.252 e. The molecule has 0 spiro atoms. The molecule has 0 bridgehead atoms. The lowest BCUT2D eigenvalue weighted by atomic mass is 10.3. The molecule has 0 aliphatic heterocycles. The third kappa shape index (κ3) is 3.20. The lowest BCUT2D eigenvalue weighted by Crippen LogP contribution is -2.27. The lowest BCUT2D eigenvalue weighted by Gasteiger charge is -2.14. The van der Waals surface area contributed by atoms with Crippen LogP contribution >= 0.6 is 38.9 Å². The summed E-state index contributed by atoms with van der Waals surface area (Å²) in [5.41, 5.74) is 0. The topological polar surface area (TPSA) is 37.4 Å². The summed E-state index contributed by atoms with van der Waals surface area (Å²) in [5.74, 6) is 0. The van der Waals surface area contributed by atoms with Crippen LogP contribution in [-0.4, -0.2) is 26.3 Å². The van der Waals surface area contributed by atoms with E-state index >= 15 is 0 Å². The minimum atomic E-state index is -3.38. The van der Waals surface area contributed by atoms with Crippen molar-refractivity contribution in [2.75, 3.05) is 13.6 Å². The number of hydrogen-bond acceptors (Lipinski definition) is 3. The van der Waals surface area contributed by atoms with Gasteiger partial charge in [-0.3, -0.25) is 0 Å². The molecule has 16 heavy (non-hydrogen) atoms. The molecule has 0 fully saturated rings. The van der Waals surface area contributed by atoms with Gasteiger partial charge >= 0.3 is 0 Å². The number of nitrogens with zero attached hydrogens (tertiary/aromatic N) is 1. The summed E-state index contributed by atoms with van der Waals surface area (Å²) in [6, 6.07) is 1.48. The fraction of sp³-hybridized carbons (Fsp3) is 0.556. The van der Waals surface area contributed by atoms with Gasteiger partial charge in [-0.25, -0.2) is 12.7 Å². The molecule has 3 nitrogen and oxygen atoms in total. The van der Waals surface area contributed by atoms with E-state index in [0.717, 1.165) is 24.2 Å². The molecule has 0 radical (unpaired) electrons. The summed E-state index contributed by atoms with van der Waals surface area (Å²) in [7, 11) is -1.79. The first kappa shape index (κ1) is 14.4. The third-order valence-electron chi connectivity index (χ3n) is 2.11. The zero-order chi connectivity index (χ0) is 12.3. The van der Waals surface area contributed by atoms with E-state index in [1.54, 1.807) is 7.05 Å². The SMILES string of the molecule is CCCCN(C)S(=O)(=O)c1cc(Cl)c(Br)s1. The quantitative estimate of drug-likeness (QED) is 0.817. The molecule has 92 valence electrons. The highest BCUT2D eigenvalue weighted by molar-refractivity contribution is 9.11. The van der Waals surface area contributed by atoms with Crippen LogP contribution in [0.4, 0.5) is 0 Å². The van der Waals surface area contributed by atoms with Crippen LogP contribution in [0.1, 0.15) is 19.8 Å². The van der Waals surface area contributed by atoms with Crippen molar-refractivity contribution in [3.63, 3.8) is 0 Å². The second kappa shape index (κ2) is 5.82. The predicted octanol–water partition coefficient (Wildman–Crippen LogP) is 3.58. The first-order valence-electron chi connectivity index (χ1n) is 4.80. The monoisotopic (exact) mass is 345 g/mol. The minimum Gasteiger partial charge on any atom is -0.206 e.